The Morgan fingerprint density at radius 1 is 1.06 bits per heavy atom. The van der Waals surface area contributed by atoms with E-state index < -0.39 is 17.6 Å². The minimum absolute atomic E-state index is 0.0232. The number of ether oxygens (including phenoxy) is 1. The summed E-state index contributed by atoms with van der Waals surface area (Å²) >= 11 is 0. The van der Waals surface area contributed by atoms with Gasteiger partial charge in [0.05, 0.1) is 12.6 Å². The Labute approximate surface area is 198 Å². The molecule has 35 heavy (non-hydrogen) atoms. The summed E-state index contributed by atoms with van der Waals surface area (Å²) in [6, 6.07) is 14.1. The van der Waals surface area contributed by atoms with Crippen LogP contribution in [-0.2, 0) is 24.3 Å². The minimum atomic E-state index is -0.754. The summed E-state index contributed by atoms with van der Waals surface area (Å²) in [5, 5.41) is 9.38. The van der Waals surface area contributed by atoms with Crippen LogP contribution >= 0.6 is 0 Å². The van der Waals surface area contributed by atoms with E-state index in [0.29, 0.717) is 5.75 Å². The topological polar surface area (TPSA) is 115 Å². The largest absolute Gasteiger partial charge is 0.426 e. The molecule has 2 amide bonds. The van der Waals surface area contributed by atoms with Gasteiger partial charge in [-0.2, -0.15) is 5.10 Å². The van der Waals surface area contributed by atoms with Crippen molar-refractivity contribution in [1.82, 2.24) is 25.2 Å². The van der Waals surface area contributed by atoms with Crippen LogP contribution in [0.2, 0.25) is 0 Å². The van der Waals surface area contributed by atoms with Gasteiger partial charge in [0.25, 0.3) is 11.8 Å². The predicted molar refractivity (Wildman–Crippen MR) is 122 cm³/mol. The average Bonchev–Trinajstić information content (AvgIpc) is 3.41. The first kappa shape index (κ1) is 22.2. The summed E-state index contributed by atoms with van der Waals surface area (Å²) < 4.78 is 20.4. The molecule has 0 saturated heterocycles. The highest BCUT2D eigenvalue weighted by atomic mass is 19.1. The Hall–Kier alpha value is -4.60. The van der Waals surface area contributed by atoms with Gasteiger partial charge in [0.15, 0.2) is 11.5 Å². The van der Waals surface area contributed by atoms with Gasteiger partial charge in [0.2, 0.25) is 0 Å². The molecule has 2 N–H and O–H groups in total. The first-order chi connectivity index (χ1) is 16.9. The molecule has 9 nitrogen and oxygen atoms in total. The monoisotopic (exact) mass is 473 g/mol. The van der Waals surface area contributed by atoms with Gasteiger partial charge in [-0.15, -0.1) is 0 Å². The molecule has 0 radical (unpaired) electrons. The van der Waals surface area contributed by atoms with Crippen LogP contribution < -0.4 is 15.4 Å². The second kappa shape index (κ2) is 8.98. The number of hydrogen-bond acceptors (Lipinski definition) is 6. The fourth-order valence-corrected chi connectivity index (χ4v) is 3.88. The van der Waals surface area contributed by atoms with Crippen molar-refractivity contribution >= 4 is 23.4 Å². The first-order valence-corrected chi connectivity index (χ1v) is 10.9. The molecule has 0 fully saturated rings. The fourth-order valence-electron chi connectivity index (χ4n) is 3.88. The lowest BCUT2D eigenvalue weighted by Crippen LogP contribution is -2.28. The van der Waals surface area contributed by atoms with Crippen molar-refractivity contribution in [3.05, 3.63) is 94.2 Å². The maximum absolute atomic E-state index is 14.3. The van der Waals surface area contributed by atoms with Gasteiger partial charge in [0.1, 0.15) is 17.1 Å². The standard InChI is InChI=1S/C25H20FN5O4/c1-14-3-2-4-15(7-14)11-28-25(34)20-10-19(30-23-18(26)13-29-31(20)23)24(33)27-12-16-5-6-21-17(8-16)9-22(32)35-21/h2-8,10,13H,9,11-12H2,1H3,(H,27,33)(H,28,34). The zero-order valence-electron chi connectivity index (χ0n) is 18.7. The summed E-state index contributed by atoms with van der Waals surface area (Å²) in [4.78, 5) is 41.2. The number of aryl methyl sites for hydroxylation is 1. The van der Waals surface area contributed by atoms with E-state index in [4.69, 9.17) is 4.74 Å². The van der Waals surface area contributed by atoms with Crippen LogP contribution in [-0.4, -0.2) is 32.4 Å². The predicted octanol–water partition coefficient (Wildman–Crippen LogP) is 2.50. The molecule has 176 valence electrons. The number of nitrogens with zero attached hydrogens (tertiary/aromatic N) is 3. The number of esters is 1. The maximum atomic E-state index is 14.3. The van der Waals surface area contributed by atoms with Gasteiger partial charge >= 0.3 is 5.97 Å². The van der Waals surface area contributed by atoms with Crippen molar-refractivity contribution in [3.8, 4) is 5.75 Å². The third kappa shape index (κ3) is 4.58. The van der Waals surface area contributed by atoms with Crippen molar-refractivity contribution in [2.75, 3.05) is 0 Å². The van der Waals surface area contributed by atoms with Crippen molar-refractivity contribution < 1.29 is 23.5 Å². The molecule has 0 atom stereocenters. The molecule has 5 rings (SSSR count). The molecule has 0 spiro atoms. The third-order valence-corrected chi connectivity index (χ3v) is 5.57. The minimum Gasteiger partial charge on any atom is -0.426 e. The molecule has 0 aliphatic carbocycles. The summed E-state index contributed by atoms with van der Waals surface area (Å²) in [6.07, 6.45) is 1.12. The highest BCUT2D eigenvalue weighted by Gasteiger charge is 2.22. The van der Waals surface area contributed by atoms with Crippen LogP contribution in [0.25, 0.3) is 5.65 Å². The van der Waals surface area contributed by atoms with E-state index in [1.807, 2.05) is 31.2 Å². The molecule has 1 aliphatic heterocycles. The SMILES string of the molecule is Cc1cccc(CNC(=O)c2cc(C(=O)NCc3ccc4c(c3)CC(=O)O4)nc3c(F)cnn23)c1. The average molecular weight is 473 g/mol. The molecule has 4 aromatic rings. The number of rotatable bonds is 6. The van der Waals surface area contributed by atoms with Crippen LogP contribution in [0.4, 0.5) is 4.39 Å². The van der Waals surface area contributed by atoms with E-state index in [1.54, 1.807) is 18.2 Å². The lowest BCUT2D eigenvalue weighted by atomic mass is 10.1. The van der Waals surface area contributed by atoms with Crippen LogP contribution in [0, 0.1) is 12.7 Å². The third-order valence-electron chi connectivity index (χ3n) is 5.57. The summed E-state index contributed by atoms with van der Waals surface area (Å²) in [7, 11) is 0. The van der Waals surface area contributed by atoms with Crippen molar-refractivity contribution in [1.29, 1.82) is 0 Å². The first-order valence-electron chi connectivity index (χ1n) is 10.9. The van der Waals surface area contributed by atoms with Crippen molar-refractivity contribution in [2.24, 2.45) is 0 Å². The highest BCUT2D eigenvalue weighted by Crippen LogP contribution is 2.26. The normalized spacial score (nSPS) is 12.3. The molecule has 3 heterocycles. The zero-order valence-corrected chi connectivity index (χ0v) is 18.7. The molecule has 0 saturated carbocycles. The highest BCUT2D eigenvalue weighted by molar-refractivity contribution is 5.98. The second-order valence-electron chi connectivity index (χ2n) is 8.20. The molecule has 0 unspecified atom stereocenters. The van der Waals surface area contributed by atoms with Crippen LogP contribution in [0.1, 0.15) is 43.2 Å². The number of benzene rings is 2. The zero-order chi connectivity index (χ0) is 24.5. The number of halogens is 1. The number of carbonyl (C=O) groups is 3. The number of nitrogens with one attached hydrogen (secondary N) is 2. The lowest BCUT2D eigenvalue weighted by Gasteiger charge is -2.10. The smallest absolute Gasteiger partial charge is 0.315 e. The summed E-state index contributed by atoms with van der Waals surface area (Å²) in [6.45, 7) is 2.34. The van der Waals surface area contributed by atoms with Gasteiger partial charge in [-0.1, -0.05) is 35.9 Å². The molecule has 2 aromatic carbocycles. The summed E-state index contributed by atoms with van der Waals surface area (Å²) in [5.41, 5.74) is 3.07. The number of hydrogen-bond donors (Lipinski definition) is 2. The van der Waals surface area contributed by atoms with Gasteiger partial charge < -0.3 is 15.4 Å². The van der Waals surface area contributed by atoms with Crippen LogP contribution in [0.3, 0.4) is 0 Å². The van der Waals surface area contributed by atoms with Crippen molar-refractivity contribution in [3.63, 3.8) is 0 Å². The molecule has 0 bridgehead atoms. The fraction of sp³-hybridized carbons (Fsp3) is 0.160. The van der Waals surface area contributed by atoms with E-state index in [1.165, 1.54) is 6.07 Å². The van der Waals surface area contributed by atoms with E-state index in [9.17, 15) is 18.8 Å². The van der Waals surface area contributed by atoms with E-state index in [0.717, 1.165) is 33.0 Å². The lowest BCUT2D eigenvalue weighted by molar-refractivity contribution is -0.131. The molecule has 1 aliphatic rings. The Kier molecular flexibility index (Phi) is 5.69. The maximum Gasteiger partial charge on any atom is 0.315 e. The van der Waals surface area contributed by atoms with Crippen LogP contribution in [0.5, 0.6) is 5.75 Å². The number of amides is 2. The number of fused-ring (bicyclic) bond motifs is 2. The Bertz CT molecular complexity index is 1500. The summed E-state index contributed by atoms with van der Waals surface area (Å²) in [5.74, 6) is -1.69. The quantitative estimate of drug-likeness (QED) is 0.329. The number of carbonyl (C=O) groups excluding carboxylic acids is 3. The van der Waals surface area contributed by atoms with Crippen molar-refractivity contribution in [2.45, 2.75) is 26.4 Å². The van der Waals surface area contributed by atoms with Gasteiger partial charge in [-0.3, -0.25) is 14.4 Å². The van der Waals surface area contributed by atoms with E-state index in [-0.39, 0.29) is 42.5 Å². The molecule has 2 aromatic heterocycles. The van der Waals surface area contributed by atoms with E-state index >= 15 is 0 Å². The molecular formula is C25H20FN5O4. The number of aromatic nitrogens is 3. The molecule has 10 heteroatoms. The Morgan fingerprint density at radius 3 is 2.63 bits per heavy atom. The van der Waals surface area contributed by atoms with E-state index in [2.05, 4.69) is 20.7 Å². The molecular weight excluding hydrogens is 453 g/mol. The second-order valence-corrected chi connectivity index (χ2v) is 8.20. The van der Waals surface area contributed by atoms with Crippen LogP contribution in [0.15, 0.2) is 54.7 Å². The Morgan fingerprint density at radius 2 is 1.83 bits per heavy atom. The van der Waals surface area contributed by atoms with Gasteiger partial charge in [0, 0.05) is 24.7 Å². The van der Waals surface area contributed by atoms with Gasteiger partial charge in [-0.05, 0) is 30.2 Å². The van der Waals surface area contributed by atoms with Gasteiger partial charge in [-0.25, -0.2) is 13.9 Å². The Balaban J connectivity index is 1.35.